The highest BCUT2D eigenvalue weighted by Crippen LogP contribution is 1.92. The highest BCUT2D eigenvalue weighted by Gasteiger charge is 1.88. The van der Waals surface area contributed by atoms with Gasteiger partial charge in [0.2, 0.25) is 0 Å². The van der Waals surface area contributed by atoms with Crippen molar-refractivity contribution in [1.82, 2.24) is 0 Å². The molecule has 9 heavy (non-hydrogen) atoms. The lowest BCUT2D eigenvalue weighted by Gasteiger charge is -1.99. The van der Waals surface area contributed by atoms with Crippen LogP contribution in [0.1, 0.15) is 13.8 Å². The van der Waals surface area contributed by atoms with Gasteiger partial charge in [-0.3, -0.25) is 4.79 Å². The van der Waals surface area contributed by atoms with Crippen molar-refractivity contribution in [1.29, 1.82) is 0 Å². The second-order valence-corrected chi connectivity index (χ2v) is 2.38. The van der Waals surface area contributed by atoms with Crippen molar-refractivity contribution >= 4 is 16.0 Å². The van der Waals surface area contributed by atoms with E-state index in [1.54, 1.807) is 6.92 Å². The van der Waals surface area contributed by atoms with Crippen molar-refractivity contribution < 1.29 is 9.53 Å². The maximum Gasteiger partial charge on any atom is 0.155 e. The van der Waals surface area contributed by atoms with Crippen LogP contribution in [0.2, 0.25) is 0 Å². The molecule has 0 unspecified atom stereocenters. The average molecular weight is 144 g/mol. The molecule has 0 aliphatic rings. The Labute approximate surface area is 58.3 Å². The first-order valence-corrected chi connectivity index (χ1v) is 4.40. The minimum atomic E-state index is 0.0441. The van der Waals surface area contributed by atoms with Crippen LogP contribution in [0.5, 0.6) is 0 Å². The quantitative estimate of drug-likeness (QED) is 0.312. The smallest absolute Gasteiger partial charge is 0.155 e. The lowest BCUT2D eigenvalue weighted by atomic mass is 10.4. The van der Waals surface area contributed by atoms with Crippen LogP contribution in [0, 0.1) is 0 Å². The SMILES string of the molecule is CC(=O)/C=C(/C)OC[SiH3]. The standard InChI is InChI=1S/C6H12O2Si/c1-5(7)3-6(2)8-4-9/h3H,4H2,1-2,9H3/b6-3-. The van der Waals surface area contributed by atoms with Gasteiger partial charge in [0.15, 0.2) is 5.78 Å². The van der Waals surface area contributed by atoms with Crippen molar-refractivity contribution in [3.05, 3.63) is 11.8 Å². The fourth-order valence-electron chi connectivity index (χ4n) is 0.556. The van der Waals surface area contributed by atoms with Gasteiger partial charge in [-0.05, 0) is 13.8 Å². The van der Waals surface area contributed by atoms with E-state index in [9.17, 15) is 4.79 Å². The Morgan fingerprint density at radius 3 is 2.56 bits per heavy atom. The molecule has 0 saturated heterocycles. The fraction of sp³-hybridized carbons (Fsp3) is 0.500. The van der Waals surface area contributed by atoms with Crippen molar-refractivity contribution in [3.63, 3.8) is 0 Å². The molecule has 0 aromatic carbocycles. The topological polar surface area (TPSA) is 26.3 Å². The van der Waals surface area contributed by atoms with Gasteiger partial charge < -0.3 is 4.74 Å². The molecule has 0 rings (SSSR count). The molecule has 0 fully saturated rings. The molecule has 0 heterocycles. The summed E-state index contributed by atoms with van der Waals surface area (Å²) < 4.78 is 5.05. The maximum atomic E-state index is 10.4. The maximum absolute atomic E-state index is 10.4. The molecular weight excluding hydrogens is 132 g/mol. The molecule has 0 aromatic rings. The van der Waals surface area contributed by atoms with E-state index >= 15 is 0 Å². The molecular formula is C6H12O2Si. The zero-order chi connectivity index (χ0) is 7.28. The molecule has 0 atom stereocenters. The van der Waals surface area contributed by atoms with Crippen LogP contribution in [0.25, 0.3) is 0 Å². The highest BCUT2D eigenvalue weighted by molar-refractivity contribution is 6.08. The monoisotopic (exact) mass is 144 g/mol. The lowest BCUT2D eigenvalue weighted by Crippen LogP contribution is -1.93. The predicted octanol–water partition coefficient (Wildman–Crippen LogP) is -0.181. The Bertz CT molecular complexity index is 129. The predicted molar refractivity (Wildman–Crippen MR) is 40.3 cm³/mol. The Morgan fingerprint density at radius 2 is 2.22 bits per heavy atom. The molecule has 0 aromatic heterocycles. The van der Waals surface area contributed by atoms with Crippen LogP contribution in [-0.4, -0.2) is 22.3 Å². The number of carbonyl (C=O) groups is 1. The van der Waals surface area contributed by atoms with Gasteiger partial charge in [-0.1, -0.05) is 0 Å². The minimum absolute atomic E-state index is 0.0441. The summed E-state index contributed by atoms with van der Waals surface area (Å²) in [6.07, 6.45) is 2.26. The molecule has 3 heteroatoms. The summed E-state index contributed by atoms with van der Waals surface area (Å²) in [5.74, 6) is 0.764. The summed E-state index contributed by atoms with van der Waals surface area (Å²) in [7, 11) is 1.01. The molecule has 0 N–H and O–H groups in total. The average Bonchev–Trinajstić information content (AvgIpc) is 1.63. The van der Waals surface area contributed by atoms with Crippen LogP contribution >= 0.6 is 0 Å². The fourth-order valence-corrected chi connectivity index (χ4v) is 1.01. The van der Waals surface area contributed by atoms with Crippen LogP contribution in [0.4, 0.5) is 0 Å². The normalized spacial score (nSPS) is 11.6. The number of rotatable bonds is 3. The van der Waals surface area contributed by atoms with Crippen molar-refractivity contribution in [2.75, 3.05) is 6.23 Å². The van der Waals surface area contributed by atoms with E-state index in [1.165, 1.54) is 13.0 Å². The Hall–Kier alpha value is -0.573. The van der Waals surface area contributed by atoms with Gasteiger partial charge in [0, 0.05) is 6.08 Å². The molecule has 0 amide bonds. The second kappa shape index (κ2) is 4.32. The van der Waals surface area contributed by atoms with Crippen LogP contribution < -0.4 is 0 Å². The van der Waals surface area contributed by atoms with Crippen molar-refractivity contribution in [2.24, 2.45) is 0 Å². The Kier molecular flexibility index (Phi) is 4.04. The van der Waals surface area contributed by atoms with Gasteiger partial charge in [0.05, 0.1) is 22.2 Å². The third-order valence-electron chi connectivity index (χ3n) is 0.779. The zero-order valence-corrected chi connectivity index (χ0v) is 8.10. The van der Waals surface area contributed by atoms with E-state index in [1.807, 2.05) is 0 Å². The first-order valence-electron chi connectivity index (χ1n) is 2.98. The molecule has 0 radical (unpaired) electrons. The van der Waals surface area contributed by atoms with Gasteiger partial charge in [-0.2, -0.15) is 0 Å². The van der Waals surface area contributed by atoms with Crippen LogP contribution in [0.15, 0.2) is 11.8 Å². The number of carbonyl (C=O) groups excluding carboxylic acids is 1. The zero-order valence-electron chi connectivity index (χ0n) is 6.10. The third kappa shape index (κ3) is 5.30. The highest BCUT2D eigenvalue weighted by atomic mass is 28.1. The Balaban J connectivity index is 3.69. The van der Waals surface area contributed by atoms with Gasteiger partial charge in [-0.25, -0.2) is 0 Å². The second-order valence-electron chi connectivity index (χ2n) is 1.80. The number of hydrogen-bond acceptors (Lipinski definition) is 2. The Morgan fingerprint density at radius 1 is 1.67 bits per heavy atom. The molecule has 0 saturated carbocycles. The number of allylic oxidation sites excluding steroid dienone is 2. The summed E-state index contributed by atoms with van der Waals surface area (Å²) >= 11 is 0. The lowest BCUT2D eigenvalue weighted by molar-refractivity contribution is -0.112. The van der Waals surface area contributed by atoms with Crippen molar-refractivity contribution in [3.8, 4) is 0 Å². The van der Waals surface area contributed by atoms with Gasteiger partial charge in [0.1, 0.15) is 0 Å². The molecule has 0 bridgehead atoms. The summed E-state index contributed by atoms with van der Waals surface area (Å²) in [4.78, 5) is 10.4. The molecule has 0 aliphatic carbocycles. The largest absolute Gasteiger partial charge is 0.503 e. The number of ketones is 1. The van der Waals surface area contributed by atoms with E-state index in [0.717, 1.165) is 22.2 Å². The van der Waals surface area contributed by atoms with Gasteiger partial charge in [0.25, 0.3) is 0 Å². The number of ether oxygens (including phenoxy) is 1. The van der Waals surface area contributed by atoms with Crippen LogP contribution in [-0.2, 0) is 9.53 Å². The molecule has 0 spiro atoms. The summed E-state index contributed by atoms with van der Waals surface area (Å²) in [5.41, 5.74) is 0. The first kappa shape index (κ1) is 8.43. The van der Waals surface area contributed by atoms with Crippen molar-refractivity contribution in [2.45, 2.75) is 13.8 Å². The van der Waals surface area contributed by atoms with Gasteiger partial charge in [-0.15, -0.1) is 0 Å². The molecule has 2 nitrogen and oxygen atoms in total. The number of hydrogen-bond donors (Lipinski definition) is 0. The van der Waals surface area contributed by atoms with E-state index in [4.69, 9.17) is 4.74 Å². The van der Waals surface area contributed by atoms with Crippen LogP contribution in [0.3, 0.4) is 0 Å². The molecule has 52 valence electrons. The van der Waals surface area contributed by atoms with Gasteiger partial charge >= 0.3 is 0 Å². The van der Waals surface area contributed by atoms with E-state index < -0.39 is 0 Å². The summed E-state index contributed by atoms with van der Waals surface area (Å²) in [6.45, 7) is 3.30. The summed E-state index contributed by atoms with van der Waals surface area (Å²) in [6, 6.07) is 0. The van der Waals surface area contributed by atoms with E-state index in [2.05, 4.69) is 0 Å². The minimum Gasteiger partial charge on any atom is -0.503 e. The first-order chi connectivity index (χ1) is 4.16. The van der Waals surface area contributed by atoms with E-state index in [0.29, 0.717) is 0 Å². The third-order valence-corrected chi connectivity index (χ3v) is 1.07. The van der Waals surface area contributed by atoms with E-state index in [-0.39, 0.29) is 5.78 Å². The summed E-state index contributed by atoms with van der Waals surface area (Å²) in [5, 5.41) is 0. The molecule has 0 aliphatic heterocycles.